The monoisotopic (exact) mass is 243 g/mol. The molecule has 1 atom stereocenters. The highest BCUT2D eigenvalue weighted by Crippen LogP contribution is 2.27. The molecule has 1 rings (SSSR count). The predicted octanol–water partition coefficient (Wildman–Crippen LogP) is -0.313. The average Bonchev–Trinajstić information content (AvgIpc) is 2.61. The molecule has 0 saturated heterocycles. The van der Waals surface area contributed by atoms with Gasteiger partial charge in [-0.05, 0) is 33.9 Å². The van der Waals surface area contributed by atoms with Gasteiger partial charge in [-0.2, -0.15) is 0 Å². The number of carbonyl (C=O) groups is 1. The van der Waals surface area contributed by atoms with Crippen LogP contribution in [-0.2, 0) is 4.79 Å². The lowest BCUT2D eigenvalue weighted by Crippen LogP contribution is -2.56. The van der Waals surface area contributed by atoms with E-state index in [-0.39, 0.29) is 12.5 Å². The van der Waals surface area contributed by atoms with Crippen LogP contribution in [0.4, 0.5) is 0 Å². The van der Waals surface area contributed by atoms with Crippen molar-refractivity contribution in [2.24, 2.45) is 5.73 Å². The van der Waals surface area contributed by atoms with Crippen molar-refractivity contribution in [2.45, 2.75) is 43.7 Å². The number of nitrogens with zero attached hydrogens (tertiary/aromatic N) is 1. The van der Waals surface area contributed by atoms with Crippen LogP contribution in [0, 0.1) is 0 Å². The Labute approximate surface area is 103 Å². The van der Waals surface area contributed by atoms with Crippen LogP contribution in [0.15, 0.2) is 0 Å². The van der Waals surface area contributed by atoms with Gasteiger partial charge in [0.15, 0.2) is 0 Å². The highest BCUT2D eigenvalue weighted by molar-refractivity contribution is 5.86. The standard InChI is InChI=1S/C12H25N3O2/c1-11(17,9-15(2)3)8-14-10(16)12(13)6-4-5-7-12/h17H,4-9,13H2,1-3H3,(H,14,16). The molecule has 0 spiro atoms. The summed E-state index contributed by atoms with van der Waals surface area (Å²) in [5.41, 5.74) is 4.39. The summed E-state index contributed by atoms with van der Waals surface area (Å²) in [7, 11) is 3.77. The maximum atomic E-state index is 11.9. The van der Waals surface area contributed by atoms with Crippen molar-refractivity contribution in [3.63, 3.8) is 0 Å². The summed E-state index contributed by atoms with van der Waals surface area (Å²) in [6, 6.07) is 0. The van der Waals surface area contributed by atoms with E-state index in [2.05, 4.69) is 5.32 Å². The van der Waals surface area contributed by atoms with Crippen molar-refractivity contribution in [1.29, 1.82) is 0 Å². The molecule has 1 unspecified atom stereocenters. The number of nitrogens with one attached hydrogen (secondary N) is 1. The van der Waals surface area contributed by atoms with E-state index in [1.165, 1.54) is 0 Å². The van der Waals surface area contributed by atoms with Gasteiger partial charge < -0.3 is 21.1 Å². The van der Waals surface area contributed by atoms with Crippen molar-refractivity contribution in [3.05, 3.63) is 0 Å². The molecule has 1 aliphatic rings. The van der Waals surface area contributed by atoms with E-state index >= 15 is 0 Å². The smallest absolute Gasteiger partial charge is 0.240 e. The Kier molecular flexibility index (Phi) is 4.52. The molecular formula is C12H25N3O2. The van der Waals surface area contributed by atoms with Gasteiger partial charge in [0.05, 0.1) is 11.1 Å². The van der Waals surface area contributed by atoms with E-state index in [1.807, 2.05) is 19.0 Å². The number of nitrogens with two attached hydrogens (primary N) is 1. The molecule has 0 aromatic rings. The van der Waals surface area contributed by atoms with Crippen LogP contribution < -0.4 is 11.1 Å². The maximum Gasteiger partial charge on any atom is 0.240 e. The minimum atomic E-state index is -0.922. The lowest BCUT2D eigenvalue weighted by atomic mass is 9.97. The Balaban J connectivity index is 2.42. The van der Waals surface area contributed by atoms with Crippen LogP contribution in [0.1, 0.15) is 32.6 Å². The Morgan fingerprint density at radius 2 is 2.00 bits per heavy atom. The third-order valence-corrected chi connectivity index (χ3v) is 3.23. The van der Waals surface area contributed by atoms with E-state index in [0.717, 1.165) is 25.7 Å². The van der Waals surface area contributed by atoms with Crippen LogP contribution in [0.25, 0.3) is 0 Å². The van der Waals surface area contributed by atoms with Gasteiger partial charge in [0.2, 0.25) is 5.91 Å². The zero-order valence-electron chi connectivity index (χ0n) is 11.1. The van der Waals surface area contributed by atoms with Crippen molar-refractivity contribution in [1.82, 2.24) is 10.2 Å². The Morgan fingerprint density at radius 3 is 2.47 bits per heavy atom. The van der Waals surface area contributed by atoms with Crippen LogP contribution in [0.3, 0.4) is 0 Å². The average molecular weight is 243 g/mol. The van der Waals surface area contributed by atoms with Gasteiger partial charge in [-0.25, -0.2) is 0 Å². The zero-order chi connectivity index (χ0) is 13.1. The summed E-state index contributed by atoms with van der Waals surface area (Å²) in [5.74, 6) is -0.131. The first kappa shape index (κ1) is 14.4. The molecule has 100 valence electrons. The Bertz CT molecular complexity index is 271. The van der Waals surface area contributed by atoms with E-state index < -0.39 is 11.1 Å². The second-order valence-electron chi connectivity index (χ2n) is 5.78. The van der Waals surface area contributed by atoms with Gasteiger partial charge >= 0.3 is 0 Å². The van der Waals surface area contributed by atoms with E-state index in [9.17, 15) is 9.90 Å². The van der Waals surface area contributed by atoms with Crippen LogP contribution in [0.2, 0.25) is 0 Å². The summed E-state index contributed by atoms with van der Waals surface area (Å²) in [4.78, 5) is 13.8. The molecule has 1 saturated carbocycles. The Morgan fingerprint density at radius 1 is 1.47 bits per heavy atom. The minimum Gasteiger partial charge on any atom is -0.387 e. The molecule has 1 aliphatic carbocycles. The van der Waals surface area contributed by atoms with Gasteiger partial charge in [-0.1, -0.05) is 12.8 Å². The molecule has 0 aliphatic heterocycles. The van der Waals surface area contributed by atoms with Crippen molar-refractivity contribution in [3.8, 4) is 0 Å². The SMILES string of the molecule is CN(C)CC(C)(O)CNC(=O)C1(N)CCCC1. The third-order valence-electron chi connectivity index (χ3n) is 3.23. The first-order valence-corrected chi connectivity index (χ1v) is 6.19. The quantitative estimate of drug-likeness (QED) is 0.619. The topological polar surface area (TPSA) is 78.6 Å². The fraction of sp³-hybridized carbons (Fsp3) is 0.917. The highest BCUT2D eigenvalue weighted by atomic mass is 16.3. The fourth-order valence-corrected chi connectivity index (χ4v) is 2.42. The van der Waals surface area contributed by atoms with Gasteiger partial charge in [0, 0.05) is 13.1 Å². The van der Waals surface area contributed by atoms with E-state index in [1.54, 1.807) is 6.92 Å². The van der Waals surface area contributed by atoms with Crippen molar-refractivity contribution < 1.29 is 9.90 Å². The van der Waals surface area contributed by atoms with Crippen LogP contribution in [-0.4, -0.2) is 54.2 Å². The molecule has 5 nitrogen and oxygen atoms in total. The fourth-order valence-electron chi connectivity index (χ4n) is 2.42. The normalized spacial score (nSPS) is 22.5. The number of likely N-dealkylation sites (N-methyl/N-ethyl adjacent to an activating group) is 1. The molecule has 4 N–H and O–H groups in total. The van der Waals surface area contributed by atoms with E-state index in [0.29, 0.717) is 6.54 Å². The largest absolute Gasteiger partial charge is 0.387 e. The van der Waals surface area contributed by atoms with Gasteiger partial charge in [-0.3, -0.25) is 4.79 Å². The molecule has 17 heavy (non-hydrogen) atoms. The second kappa shape index (κ2) is 5.33. The first-order chi connectivity index (χ1) is 7.75. The number of aliphatic hydroxyl groups is 1. The number of amides is 1. The minimum absolute atomic E-state index is 0.131. The van der Waals surface area contributed by atoms with Gasteiger partial charge in [0.1, 0.15) is 0 Å². The number of hydrogen-bond acceptors (Lipinski definition) is 4. The molecular weight excluding hydrogens is 218 g/mol. The summed E-state index contributed by atoms with van der Waals surface area (Å²) in [6.07, 6.45) is 3.51. The molecule has 1 amide bonds. The Hall–Kier alpha value is -0.650. The third kappa shape index (κ3) is 4.26. The number of carbonyl (C=O) groups excluding carboxylic acids is 1. The van der Waals surface area contributed by atoms with Crippen molar-refractivity contribution in [2.75, 3.05) is 27.2 Å². The summed E-state index contributed by atoms with van der Waals surface area (Å²) >= 11 is 0. The summed E-state index contributed by atoms with van der Waals surface area (Å²) in [6.45, 7) is 2.46. The van der Waals surface area contributed by atoms with Gasteiger partial charge in [-0.15, -0.1) is 0 Å². The molecule has 0 heterocycles. The van der Waals surface area contributed by atoms with Crippen molar-refractivity contribution >= 4 is 5.91 Å². The van der Waals surface area contributed by atoms with Crippen LogP contribution >= 0.6 is 0 Å². The molecule has 1 fully saturated rings. The summed E-state index contributed by atoms with van der Waals surface area (Å²) < 4.78 is 0. The van der Waals surface area contributed by atoms with Gasteiger partial charge in [0.25, 0.3) is 0 Å². The highest BCUT2D eigenvalue weighted by Gasteiger charge is 2.37. The molecule has 0 radical (unpaired) electrons. The lowest BCUT2D eigenvalue weighted by Gasteiger charge is -2.29. The molecule has 0 bridgehead atoms. The second-order valence-corrected chi connectivity index (χ2v) is 5.78. The lowest BCUT2D eigenvalue weighted by molar-refractivity contribution is -0.127. The molecule has 0 aromatic carbocycles. The number of rotatable bonds is 5. The predicted molar refractivity (Wildman–Crippen MR) is 67.6 cm³/mol. The zero-order valence-corrected chi connectivity index (χ0v) is 11.1. The number of hydrogen-bond donors (Lipinski definition) is 3. The van der Waals surface area contributed by atoms with E-state index in [4.69, 9.17) is 5.73 Å². The summed E-state index contributed by atoms with van der Waals surface area (Å²) in [5, 5.41) is 12.8. The molecule has 5 heteroatoms. The molecule has 0 aromatic heterocycles. The van der Waals surface area contributed by atoms with Crippen LogP contribution in [0.5, 0.6) is 0 Å². The maximum absolute atomic E-state index is 11.9. The first-order valence-electron chi connectivity index (χ1n) is 6.19.